The van der Waals surface area contributed by atoms with Crippen LogP contribution in [0.1, 0.15) is 245 Å². The summed E-state index contributed by atoms with van der Waals surface area (Å²) in [7, 11) is 1.43. The number of allylic oxidation sites excluding steroid dienone is 28. The van der Waals surface area contributed by atoms with Gasteiger partial charge in [-0.25, -0.2) is 4.57 Å². The van der Waals surface area contributed by atoms with Crippen molar-refractivity contribution in [3.63, 3.8) is 0 Å². The van der Waals surface area contributed by atoms with Gasteiger partial charge in [0, 0.05) is 12.8 Å². The highest BCUT2D eigenvalue weighted by atomic mass is 31.2. The lowest BCUT2D eigenvalue weighted by Gasteiger charge is -2.24. The van der Waals surface area contributed by atoms with Gasteiger partial charge in [-0.2, -0.15) is 0 Å². The lowest BCUT2D eigenvalue weighted by Crippen LogP contribution is -2.37. The highest BCUT2D eigenvalue weighted by Crippen LogP contribution is 2.43. The summed E-state index contributed by atoms with van der Waals surface area (Å²) >= 11 is 0. The van der Waals surface area contributed by atoms with Gasteiger partial charge in [0.2, 0.25) is 0 Å². The molecule has 0 aromatic rings. The fourth-order valence-electron chi connectivity index (χ4n) is 8.62. The summed E-state index contributed by atoms with van der Waals surface area (Å²) in [6.45, 7) is 4.14. The van der Waals surface area contributed by atoms with Gasteiger partial charge >= 0.3 is 19.8 Å². The topological polar surface area (TPSA) is 108 Å². The Balaban J connectivity index is 4.09. The number of phosphoric ester groups is 1. The van der Waals surface area contributed by atoms with Crippen molar-refractivity contribution in [1.82, 2.24) is 0 Å². The van der Waals surface area contributed by atoms with Gasteiger partial charge in [-0.3, -0.25) is 18.6 Å². The van der Waals surface area contributed by atoms with Crippen LogP contribution in [0.25, 0.3) is 0 Å². The van der Waals surface area contributed by atoms with Gasteiger partial charge in [0.1, 0.15) is 19.8 Å². The number of rotatable bonds is 60. The first-order chi connectivity index (χ1) is 42.0. The third kappa shape index (κ3) is 68.5. The Morgan fingerprint density at radius 1 is 0.360 bits per heavy atom. The van der Waals surface area contributed by atoms with Crippen LogP contribution in [0.3, 0.4) is 0 Å². The number of hydrogen-bond acceptors (Lipinski definition) is 7. The van der Waals surface area contributed by atoms with Crippen molar-refractivity contribution >= 4 is 19.8 Å². The lowest BCUT2D eigenvalue weighted by atomic mass is 10.0. The van der Waals surface area contributed by atoms with Crippen LogP contribution < -0.4 is 0 Å². The van der Waals surface area contributed by atoms with Crippen LogP contribution in [0.2, 0.25) is 0 Å². The van der Waals surface area contributed by atoms with E-state index in [2.05, 4.69) is 184 Å². The molecule has 0 aliphatic carbocycles. The number of quaternary nitrogens is 1. The minimum atomic E-state index is -4.41. The van der Waals surface area contributed by atoms with E-state index >= 15 is 0 Å². The average molecular weight is 1210 g/mol. The second-order valence-electron chi connectivity index (χ2n) is 23.1. The molecular weight excluding hydrogens is 1090 g/mol. The fraction of sp³-hybridized carbons (Fsp3) is 0.605. The minimum Gasteiger partial charge on any atom is -0.462 e. The van der Waals surface area contributed by atoms with Crippen LogP contribution in [0, 0.1) is 0 Å². The predicted molar refractivity (Wildman–Crippen MR) is 371 cm³/mol. The lowest BCUT2D eigenvalue weighted by molar-refractivity contribution is -0.870. The second-order valence-corrected chi connectivity index (χ2v) is 24.5. The Morgan fingerprint density at radius 2 is 0.628 bits per heavy atom. The van der Waals surface area contributed by atoms with Crippen LogP contribution in [0.4, 0.5) is 0 Å². The molecular formula is C76H125NO8P+. The van der Waals surface area contributed by atoms with Crippen molar-refractivity contribution in [1.29, 1.82) is 0 Å². The van der Waals surface area contributed by atoms with Crippen LogP contribution in [-0.4, -0.2) is 74.9 Å². The minimum absolute atomic E-state index is 0.0168. The van der Waals surface area contributed by atoms with Crippen molar-refractivity contribution in [3.8, 4) is 0 Å². The number of esters is 2. The Hall–Kier alpha value is -4.63. The van der Waals surface area contributed by atoms with Crippen LogP contribution in [0.15, 0.2) is 170 Å². The van der Waals surface area contributed by atoms with Gasteiger partial charge in [-0.15, -0.1) is 0 Å². The summed E-state index contributed by atoms with van der Waals surface area (Å²) in [5.74, 6) is -0.856. The summed E-state index contributed by atoms with van der Waals surface area (Å²) in [5, 5.41) is 0. The largest absolute Gasteiger partial charge is 0.472 e. The SMILES string of the molecule is CC/C=C\C/C=C\C/C=C\C/C=C\C/C=C\C/C=C\C/C=C\C/C=C\CCCCCCCCCCCCCCCCCCC(=O)OC(COC(=O)CCCC/C=C\C/C=C\C/C=C\C/C=C\C/C=C\C/C=C\CC)COP(=O)(O)OCC[N+](C)(C)C. The van der Waals surface area contributed by atoms with Crippen LogP contribution in [0.5, 0.6) is 0 Å². The maximum Gasteiger partial charge on any atom is 0.472 e. The second kappa shape index (κ2) is 64.8. The molecule has 0 bridgehead atoms. The summed E-state index contributed by atoms with van der Waals surface area (Å²) in [4.78, 5) is 35.8. The van der Waals surface area contributed by atoms with E-state index in [1.54, 1.807) is 0 Å². The molecule has 0 saturated heterocycles. The molecule has 486 valence electrons. The number of unbranched alkanes of at least 4 members (excludes halogenated alkanes) is 18. The normalized spacial score (nSPS) is 14.3. The zero-order chi connectivity index (χ0) is 62.6. The summed E-state index contributed by atoms with van der Waals surface area (Å²) in [6, 6.07) is 0. The van der Waals surface area contributed by atoms with E-state index in [0.29, 0.717) is 23.9 Å². The van der Waals surface area contributed by atoms with Crippen molar-refractivity contribution < 1.29 is 42.1 Å². The van der Waals surface area contributed by atoms with Gasteiger partial charge in [-0.05, 0) is 128 Å². The molecule has 0 fully saturated rings. The van der Waals surface area contributed by atoms with Gasteiger partial charge in [0.15, 0.2) is 6.10 Å². The summed E-state index contributed by atoms with van der Waals surface area (Å²) < 4.78 is 34.6. The Bertz CT molecular complexity index is 2060. The smallest absolute Gasteiger partial charge is 0.462 e. The van der Waals surface area contributed by atoms with Crippen molar-refractivity contribution in [2.45, 2.75) is 251 Å². The third-order valence-corrected chi connectivity index (χ3v) is 14.7. The van der Waals surface area contributed by atoms with Crippen molar-refractivity contribution in [2.24, 2.45) is 0 Å². The van der Waals surface area contributed by atoms with E-state index in [4.69, 9.17) is 18.5 Å². The molecule has 0 rings (SSSR count). The molecule has 0 amide bonds. The third-order valence-electron chi connectivity index (χ3n) is 13.7. The van der Waals surface area contributed by atoms with Gasteiger partial charge < -0.3 is 18.9 Å². The molecule has 0 saturated carbocycles. The first-order valence-electron chi connectivity index (χ1n) is 33.9. The van der Waals surface area contributed by atoms with E-state index in [0.717, 1.165) is 122 Å². The van der Waals surface area contributed by atoms with E-state index in [-0.39, 0.29) is 26.1 Å². The Kier molecular flexibility index (Phi) is 61.3. The number of likely N-dealkylation sites (N-methyl/N-ethyl adjacent to an activating group) is 1. The van der Waals surface area contributed by atoms with Gasteiger partial charge in [-0.1, -0.05) is 274 Å². The Labute approximate surface area is 528 Å². The summed E-state index contributed by atoms with van der Waals surface area (Å²) in [5.41, 5.74) is 0. The maximum absolute atomic E-state index is 12.9. The molecule has 2 atom stereocenters. The van der Waals surface area contributed by atoms with Gasteiger partial charge in [0.25, 0.3) is 0 Å². The monoisotopic (exact) mass is 1210 g/mol. The highest BCUT2D eigenvalue weighted by molar-refractivity contribution is 7.47. The molecule has 0 aromatic heterocycles. The number of nitrogens with zero attached hydrogens (tertiary/aromatic N) is 1. The quantitative estimate of drug-likeness (QED) is 0.0211. The maximum atomic E-state index is 12.9. The predicted octanol–water partition coefficient (Wildman–Crippen LogP) is 22.2. The molecule has 0 aliphatic heterocycles. The van der Waals surface area contributed by atoms with E-state index in [9.17, 15) is 19.0 Å². The zero-order valence-corrected chi connectivity index (χ0v) is 56.1. The fourth-order valence-corrected chi connectivity index (χ4v) is 9.36. The molecule has 0 aromatic carbocycles. The number of carbonyl (C=O) groups excluding carboxylic acids is 2. The van der Waals surface area contributed by atoms with Crippen molar-refractivity contribution in [3.05, 3.63) is 170 Å². The highest BCUT2D eigenvalue weighted by Gasteiger charge is 2.27. The molecule has 1 N–H and O–H groups in total. The van der Waals surface area contributed by atoms with Crippen LogP contribution >= 0.6 is 7.82 Å². The molecule has 2 unspecified atom stereocenters. The average Bonchev–Trinajstić information content (AvgIpc) is 3.70. The number of ether oxygens (including phenoxy) is 2. The molecule has 9 nitrogen and oxygen atoms in total. The van der Waals surface area contributed by atoms with E-state index < -0.39 is 32.5 Å². The molecule has 0 radical (unpaired) electrons. The molecule has 0 aliphatic rings. The first kappa shape index (κ1) is 81.4. The Morgan fingerprint density at radius 3 is 0.953 bits per heavy atom. The molecule has 0 heterocycles. The van der Waals surface area contributed by atoms with Crippen LogP contribution in [-0.2, 0) is 32.7 Å². The van der Waals surface area contributed by atoms with Gasteiger partial charge in [0.05, 0.1) is 27.7 Å². The molecule has 86 heavy (non-hydrogen) atoms. The number of phosphoric acid groups is 1. The summed E-state index contributed by atoms with van der Waals surface area (Å²) in [6.07, 6.45) is 98.9. The number of carbonyl (C=O) groups is 2. The first-order valence-corrected chi connectivity index (χ1v) is 35.4. The zero-order valence-electron chi connectivity index (χ0n) is 55.2. The van der Waals surface area contributed by atoms with E-state index in [1.807, 2.05) is 21.1 Å². The number of hydrogen-bond donors (Lipinski definition) is 1. The standard InChI is InChI=1S/C76H124NO8P/c1-6-8-10-12-14-16-18-20-22-24-26-28-29-30-31-32-33-34-35-36-37-38-39-40-41-42-43-44-45-46-47-49-51-53-55-57-59-61-63-65-67-69-76(79)85-74(73-84-86(80,81)83-71-70-77(3,4)5)72-82-75(78)68-66-64-62-60-58-56-54-52-50-48-27-25-23-21-19-17-15-13-11-9-7-2/h8-11,14-17,20-23,26-28,30-31,33-34,36-37,39-40,48,52,54,58,60,74H,6-7,12-13,18-19,24-25,29,32,35,38,41-47,49-51,53,55-57,59,61-73H2,1-5H3/p+1/b10-8-,11-9-,16-14-,17-15-,22-20-,23-21-,28-26-,31-30-,34-33-,37-36-,40-39-,48-27-,54-52-,60-58-. The van der Waals surface area contributed by atoms with E-state index in [1.165, 1.54) is 83.5 Å². The van der Waals surface area contributed by atoms with Crippen molar-refractivity contribution in [2.75, 3.05) is 47.5 Å². The molecule has 10 heteroatoms. The molecule has 0 spiro atoms.